The molecule has 4 aromatic rings. The van der Waals surface area contributed by atoms with Gasteiger partial charge in [-0.15, -0.1) is 0 Å². The zero-order valence-electron chi connectivity index (χ0n) is 20.2. The SMILES string of the molecule is CCOc1ccc(/C=N\NC(=O)CSc2nc3ccccc3c(=O)n2-c2ccccc2C)cc1OC. The van der Waals surface area contributed by atoms with Crippen molar-refractivity contribution in [1.29, 1.82) is 0 Å². The molecule has 4 rings (SSSR count). The third kappa shape index (κ3) is 5.58. The highest BCUT2D eigenvalue weighted by Crippen LogP contribution is 2.27. The number of aromatic nitrogens is 2. The molecule has 0 unspecified atom stereocenters. The Kier molecular flexibility index (Phi) is 8.02. The minimum Gasteiger partial charge on any atom is -0.493 e. The maximum Gasteiger partial charge on any atom is 0.266 e. The molecule has 8 nitrogen and oxygen atoms in total. The summed E-state index contributed by atoms with van der Waals surface area (Å²) in [5.74, 6) is 0.924. The Morgan fingerprint density at radius 1 is 1.11 bits per heavy atom. The summed E-state index contributed by atoms with van der Waals surface area (Å²) in [4.78, 5) is 30.6. The number of carbonyl (C=O) groups excluding carboxylic acids is 1. The molecular formula is C27H26N4O4S. The van der Waals surface area contributed by atoms with Crippen molar-refractivity contribution >= 4 is 34.8 Å². The number of benzene rings is 3. The molecule has 9 heteroatoms. The van der Waals surface area contributed by atoms with Gasteiger partial charge in [0.15, 0.2) is 16.7 Å². The minimum absolute atomic E-state index is 0.0284. The zero-order valence-corrected chi connectivity index (χ0v) is 21.0. The first kappa shape index (κ1) is 25.0. The number of hydrogen-bond donors (Lipinski definition) is 1. The fourth-order valence-corrected chi connectivity index (χ4v) is 4.41. The topological polar surface area (TPSA) is 94.8 Å². The van der Waals surface area contributed by atoms with Gasteiger partial charge in [0, 0.05) is 0 Å². The Balaban J connectivity index is 1.51. The van der Waals surface area contributed by atoms with Crippen molar-refractivity contribution in [3.63, 3.8) is 0 Å². The number of para-hydroxylation sites is 2. The van der Waals surface area contributed by atoms with Crippen molar-refractivity contribution in [3.8, 4) is 17.2 Å². The molecule has 0 aliphatic heterocycles. The molecule has 1 aromatic heterocycles. The van der Waals surface area contributed by atoms with E-state index in [1.54, 1.807) is 35.9 Å². The van der Waals surface area contributed by atoms with Gasteiger partial charge in [-0.25, -0.2) is 10.4 Å². The summed E-state index contributed by atoms with van der Waals surface area (Å²) < 4.78 is 12.4. The Morgan fingerprint density at radius 2 is 1.89 bits per heavy atom. The fourth-order valence-electron chi connectivity index (χ4n) is 3.62. The van der Waals surface area contributed by atoms with Gasteiger partial charge in [0.05, 0.1) is 42.3 Å². The first-order valence-electron chi connectivity index (χ1n) is 11.3. The summed E-state index contributed by atoms with van der Waals surface area (Å²) >= 11 is 1.18. The number of fused-ring (bicyclic) bond motifs is 1. The molecule has 36 heavy (non-hydrogen) atoms. The van der Waals surface area contributed by atoms with Gasteiger partial charge in [0.1, 0.15) is 0 Å². The van der Waals surface area contributed by atoms with Gasteiger partial charge >= 0.3 is 0 Å². The van der Waals surface area contributed by atoms with Gasteiger partial charge in [0.2, 0.25) is 0 Å². The number of nitrogens with zero attached hydrogens (tertiary/aromatic N) is 3. The smallest absolute Gasteiger partial charge is 0.266 e. The second-order valence-electron chi connectivity index (χ2n) is 7.76. The van der Waals surface area contributed by atoms with Crippen LogP contribution in [0.25, 0.3) is 16.6 Å². The standard InChI is InChI=1S/C27H26N4O4S/c1-4-35-23-14-13-19(15-24(23)34-3)16-28-30-25(32)17-36-27-29-21-11-7-6-10-20(21)26(33)31(27)22-12-8-5-9-18(22)2/h5-16H,4,17H2,1-3H3,(H,30,32)/b28-16-. The fraction of sp³-hybridized carbons (Fsp3) is 0.185. The van der Waals surface area contributed by atoms with Crippen LogP contribution in [-0.4, -0.2) is 41.1 Å². The summed E-state index contributed by atoms with van der Waals surface area (Å²) in [6.07, 6.45) is 1.53. The molecule has 0 saturated heterocycles. The number of ether oxygens (including phenoxy) is 2. The number of thioether (sulfide) groups is 1. The maximum absolute atomic E-state index is 13.4. The van der Waals surface area contributed by atoms with Gasteiger partial charge in [-0.3, -0.25) is 14.2 Å². The molecule has 0 saturated carbocycles. The molecule has 184 valence electrons. The Labute approximate surface area is 213 Å². The molecule has 0 bridgehead atoms. The average Bonchev–Trinajstić information content (AvgIpc) is 2.89. The van der Waals surface area contributed by atoms with Crippen molar-refractivity contribution in [2.24, 2.45) is 5.10 Å². The maximum atomic E-state index is 13.4. The van der Waals surface area contributed by atoms with Crippen molar-refractivity contribution in [2.75, 3.05) is 19.5 Å². The second-order valence-corrected chi connectivity index (χ2v) is 8.71. The number of rotatable bonds is 9. The van der Waals surface area contributed by atoms with Crippen molar-refractivity contribution in [3.05, 3.63) is 88.2 Å². The third-order valence-electron chi connectivity index (χ3n) is 5.32. The van der Waals surface area contributed by atoms with Crippen LogP contribution >= 0.6 is 11.8 Å². The van der Waals surface area contributed by atoms with Gasteiger partial charge in [-0.05, 0) is 61.4 Å². The Hall–Kier alpha value is -4.11. The summed E-state index contributed by atoms with van der Waals surface area (Å²) in [5, 5.41) is 5.00. The van der Waals surface area contributed by atoms with E-state index in [0.29, 0.717) is 34.2 Å². The van der Waals surface area contributed by atoms with Crippen molar-refractivity contribution in [1.82, 2.24) is 15.0 Å². The van der Waals surface area contributed by atoms with E-state index < -0.39 is 0 Å². The number of carbonyl (C=O) groups is 1. The largest absolute Gasteiger partial charge is 0.493 e. The van der Waals surface area contributed by atoms with Crippen LogP contribution in [-0.2, 0) is 4.79 Å². The lowest BCUT2D eigenvalue weighted by Gasteiger charge is -2.14. The quantitative estimate of drug-likeness (QED) is 0.158. The van der Waals surface area contributed by atoms with E-state index in [9.17, 15) is 9.59 Å². The van der Waals surface area contributed by atoms with E-state index in [2.05, 4.69) is 15.5 Å². The molecule has 0 aliphatic carbocycles. The number of amides is 1. The van der Waals surface area contributed by atoms with Crippen molar-refractivity contribution in [2.45, 2.75) is 19.0 Å². The highest BCUT2D eigenvalue weighted by molar-refractivity contribution is 7.99. The molecule has 0 radical (unpaired) electrons. The number of aryl methyl sites for hydroxylation is 1. The summed E-state index contributed by atoms with van der Waals surface area (Å²) in [6, 6.07) is 20.2. The minimum atomic E-state index is -0.326. The molecule has 0 aliphatic rings. The first-order valence-corrected chi connectivity index (χ1v) is 12.3. The summed E-state index contributed by atoms with van der Waals surface area (Å²) in [5.41, 5.74) is 5.32. The van der Waals surface area contributed by atoms with Crippen LogP contribution in [0.4, 0.5) is 0 Å². The number of hydrogen-bond acceptors (Lipinski definition) is 7. The van der Waals surface area contributed by atoms with Crippen LogP contribution < -0.4 is 20.5 Å². The predicted octanol–water partition coefficient (Wildman–Crippen LogP) is 4.34. The zero-order chi connectivity index (χ0) is 25.5. The summed E-state index contributed by atoms with van der Waals surface area (Å²) in [6.45, 7) is 4.36. The van der Waals surface area contributed by atoms with E-state index in [1.165, 1.54) is 18.0 Å². The van der Waals surface area contributed by atoms with Crippen LogP contribution in [0, 0.1) is 6.92 Å². The molecule has 3 aromatic carbocycles. The number of methoxy groups -OCH3 is 1. The van der Waals surface area contributed by atoms with Crippen LogP contribution in [0.2, 0.25) is 0 Å². The predicted molar refractivity (Wildman–Crippen MR) is 143 cm³/mol. The van der Waals surface area contributed by atoms with E-state index in [-0.39, 0.29) is 17.2 Å². The monoisotopic (exact) mass is 502 g/mol. The van der Waals surface area contributed by atoms with Crippen LogP contribution in [0.3, 0.4) is 0 Å². The average molecular weight is 503 g/mol. The summed E-state index contributed by atoms with van der Waals surface area (Å²) in [7, 11) is 1.56. The number of nitrogens with one attached hydrogen (secondary N) is 1. The lowest BCUT2D eigenvalue weighted by molar-refractivity contribution is -0.118. The molecule has 0 fully saturated rings. The van der Waals surface area contributed by atoms with Crippen LogP contribution in [0.1, 0.15) is 18.1 Å². The molecule has 1 N–H and O–H groups in total. The molecule has 1 heterocycles. The van der Waals surface area contributed by atoms with Gasteiger partial charge in [-0.1, -0.05) is 42.1 Å². The van der Waals surface area contributed by atoms with Gasteiger partial charge in [0.25, 0.3) is 11.5 Å². The normalized spacial score (nSPS) is 11.1. The number of hydrazone groups is 1. The molecule has 0 atom stereocenters. The Bertz CT molecular complexity index is 1480. The van der Waals surface area contributed by atoms with E-state index in [0.717, 1.165) is 16.8 Å². The van der Waals surface area contributed by atoms with E-state index in [4.69, 9.17) is 9.47 Å². The first-order chi connectivity index (χ1) is 17.5. The second kappa shape index (κ2) is 11.5. The van der Waals surface area contributed by atoms with Gasteiger partial charge < -0.3 is 9.47 Å². The van der Waals surface area contributed by atoms with E-state index >= 15 is 0 Å². The van der Waals surface area contributed by atoms with Crippen LogP contribution in [0.15, 0.2) is 81.8 Å². The lowest BCUT2D eigenvalue weighted by atomic mass is 10.2. The van der Waals surface area contributed by atoms with Crippen molar-refractivity contribution < 1.29 is 14.3 Å². The van der Waals surface area contributed by atoms with Gasteiger partial charge in [-0.2, -0.15) is 5.10 Å². The Morgan fingerprint density at radius 3 is 2.67 bits per heavy atom. The lowest BCUT2D eigenvalue weighted by Crippen LogP contribution is -2.24. The molecule has 1 amide bonds. The third-order valence-corrected chi connectivity index (χ3v) is 6.26. The highest BCUT2D eigenvalue weighted by atomic mass is 32.2. The molecular weight excluding hydrogens is 476 g/mol. The highest BCUT2D eigenvalue weighted by Gasteiger charge is 2.16. The van der Waals surface area contributed by atoms with E-state index in [1.807, 2.05) is 56.3 Å². The molecule has 0 spiro atoms. The van der Waals surface area contributed by atoms with Crippen LogP contribution in [0.5, 0.6) is 11.5 Å².